The van der Waals surface area contributed by atoms with Crippen LogP contribution in [0.4, 0.5) is 4.39 Å². The Balaban J connectivity index is 2.93. The molecule has 2 nitrogen and oxygen atoms in total. The van der Waals surface area contributed by atoms with Crippen LogP contribution in [0.25, 0.3) is 0 Å². The zero-order valence-electron chi connectivity index (χ0n) is 6.42. The quantitative estimate of drug-likeness (QED) is 0.695. The molecule has 1 rings (SSSR count). The molecule has 0 amide bonds. The minimum absolute atomic E-state index is 0.0152. The molecule has 0 aromatic carbocycles. The maximum absolute atomic E-state index is 13.4. The molecule has 1 aromatic rings. The number of hydrogen-bond acceptors (Lipinski definition) is 2. The standard InChI is InChI=1S/C8H11FN2/c1-8(9,6-10)7-3-2-4-11-5-7/h2-5H,6,10H2,1H3. The average Bonchev–Trinajstić information content (AvgIpc) is 2.06. The Morgan fingerprint density at radius 1 is 1.73 bits per heavy atom. The van der Waals surface area contributed by atoms with Crippen LogP contribution in [0, 0.1) is 0 Å². The van der Waals surface area contributed by atoms with Crippen molar-refractivity contribution < 1.29 is 4.39 Å². The smallest absolute Gasteiger partial charge is 0.146 e. The fourth-order valence-electron chi connectivity index (χ4n) is 0.789. The van der Waals surface area contributed by atoms with Gasteiger partial charge in [0.2, 0.25) is 0 Å². The predicted molar refractivity (Wildman–Crippen MR) is 41.8 cm³/mol. The van der Waals surface area contributed by atoms with E-state index in [1.54, 1.807) is 18.3 Å². The Morgan fingerprint density at radius 2 is 2.45 bits per heavy atom. The van der Waals surface area contributed by atoms with E-state index in [-0.39, 0.29) is 6.54 Å². The Morgan fingerprint density at radius 3 is 2.91 bits per heavy atom. The molecule has 1 unspecified atom stereocenters. The van der Waals surface area contributed by atoms with Gasteiger partial charge in [-0.05, 0) is 13.0 Å². The van der Waals surface area contributed by atoms with Crippen LogP contribution in [0.15, 0.2) is 24.5 Å². The van der Waals surface area contributed by atoms with Crippen LogP contribution >= 0.6 is 0 Å². The normalized spacial score (nSPS) is 15.9. The summed E-state index contributed by atoms with van der Waals surface area (Å²) >= 11 is 0. The highest BCUT2D eigenvalue weighted by Crippen LogP contribution is 2.22. The molecule has 0 fully saturated rings. The minimum Gasteiger partial charge on any atom is -0.327 e. The molecule has 0 aliphatic heterocycles. The molecule has 2 N–H and O–H groups in total. The van der Waals surface area contributed by atoms with Gasteiger partial charge in [0.15, 0.2) is 0 Å². The van der Waals surface area contributed by atoms with Crippen LogP contribution < -0.4 is 5.73 Å². The molecular weight excluding hydrogens is 143 g/mol. The second-order valence-electron chi connectivity index (χ2n) is 2.64. The van der Waals surface area contributed by atoms with Crippen LogP contribution in [-0.2, 0) is 5.67 Å². The van der Waals surface area contributed by atoms with Crippen molar-refractivity contribution in [3.63, 3.8) is 0 Å². The molecular formula is C8H11FN2. The zero-order valence-corrected chi connectivity index (χ0v) is 6.42. The fourth-order valence-corrected chi connectivity index (χ4v) is 0.789. The first kappa shape index (κ1) is 8.14. The molecule has 1 atom stereocenters. The Bertz CT molecular complexity index is 221. The fraction of sp³-hybridized carbons (Fsp3) is 0.375. The van der Waals surface area contributed by atoms with Crippen LogP contribution in [0.2, 0.25) is 0 Å². The summed E-state index contributed by atoms with van der Waals surface area (Å²) in [5, 5.41) is 0. The van der Waals surface area contributed by atoms with Gasteiger partial charge >= 0.3 is 0 Å². The van der Waals surface area contributed by atoms with Crippen molar-refractivity contribution in [3.8, 4) is 0 Å². The Hall–Kier alpha value is -0.960. The van der Waals surface area contributed by atoms with Crippen LogP contribution in [0.1, 0.15) is 12.5 Å². The molecule has 0 saturated carbocycles. The van der Waals surface area contributed by atoms with Crippen molar-refractivity contribution >= 4 is 0 Å². The molecule has 0 aliphatic rings. The highest BCUT2D eigenvalue weighted by atomic mass is 19.1. The monoisotopic (exact) mass is 154 g/mol. The largest absolute Gasteiger partial charge is 0.327 e. The van der Waals surface area contributed by atoms with Crippen LogP contribution in [0.3, 0.4) is 0 Å². The molecule has 0 saturated heterocycles. The summed E-state index contributed by atoms with van der Waals surface area (Å²) in [6.07, 6.45) is 3.10. The predicted octanol–water partition coefficient (Wildman–Crippen LogP) is 1.23. The third-order valence-electron chi connectivity index (χ3n) is 1.65. The summed E-state index contributed by atoms with van der Waals surface area (Å²) in [4.78, 5) is 3.80. The number of nitrogens with two attached hydrogens (primary N) is 1. The summed E-state index contributed by atoms with van der Waals surface area (Å²) in [6, 6.07) is 3.38. The molecule has 1 heterocycles. The third kappa shape index (κ3) is 1.74. The third-order valence-corrected chi connectivity index (χ3v) is 1.65. The van der Waals surface area contributed by atoms with Gasteiger partial charge in [-0.15, -0.1) is 0 Å². The summed E-state index contributed by atoms with van der Waals surface area (Å²) in [6.45, 7) is 1.43. The van der Waals surface area contributed by atoms with Gasteiger partial charge in [0.05, 0.1) is 0 Å². The van der Waals surface area contributed by atoms with E-state index in [4.69, 9.17) is 5.73 Å². The highest BCUT2D eigenvalue weighted by molar-refractivity contribution is 5.17. The first-order valence-corrected chi connectivity index (χ1v) is 3.46. The van der Waals surface area contributed by atoms with E-state index in [0.717, 1.165) is 0 Å². The van der Waals surface area contributed by atoms with Crippen LogP contribution in [0.5, 0.6) is 0 Å². The number of nitrogens with zero attached hydrogens (tertiary/aromatic N) is 1. The number of pyridine rings is 1. The molecule has 0 bridgehead atoms. The maximum Gasteiger partial charge on any atom is 0.146 e. The number of aromatic nitrogens is 1. The summed E-state index contributed by atoms with van der Waals surface area (Å²) in [5.74, 6) is 0. The van der Waals surface area contributed by atoms with Gasteiger partial charge in [0.1, 0.15) is 5.67 Å². The molecule has 0 radical (unpaired) electrons. The number of rotatable bonds is 2. The van der Waals surface area contributed by atoms with E-state index in [0.29, 0.717) is 5.56 Å². The molecule has 11 heavy (non-hydrogen) atoms. The van der Waals surface area contributed by atoms with Crippen LogP contribution in [-0.4, -0.2) is 11.5 Å². The lowest BCUT2D eigenvalue weighted by atomic mass is 10.0. The highest BCUT2D eigenvalue weighted by Gasteiger charge is 2.23. The Labute approximate surface area is 65.3 Å². The molecule has 60 valence electrons. The zero-order chi connectivity index (χ0) is 8.32. The lowest BCUT2D eigenvalue weighted by molar-refractivity contribution is 0.203. The van der Waals surface area contributed by atoms with Gasteiger partial charge < -0.3 is 5.73 Å². The van der Waals surface area contributed by atoms with Crippen molar-refractivity contribution in [2.75, 3.05) is 6.54 Å². The van der Waals surface area contributed by atoms with E-state index >= 15 is 0 Å². The number of alkyl halides is 1. The van der Waals surface area contributed by atoms with Crippen molar-refractivity contribution in [3.05, 3.63) is 30.1 Å². The topological polar surface area (TPSA) is 38.9 Å². The summed E-state index contributed by atoms with van der Waals surface area (Å²) in [5.41, 5.74) is 4.32. The first-order chi connectivity index (χ1) is 5.17. The van der Waals surface area contributed by atoms with E-state index < -0.39 is 5.67 Å². The van der Waals surface area contributed by atoms with Crippen molar-refractivity contribution in [1.82, 2.24) is 4.98 Å². The van der Waals surface area contributed by atoms with Gasteiger partial charge in [-0.3, -0.25) is 4.98 Å². The Kier molecular flexibility index (Phi) is 2.19. The molecule has 0 spiro atoms. The summed E-state index contributed by atoms with van der Waals surface area (Å²) in [7, 11) is 0. The SMILES string of the molecule is CC(F)(CN)c1cccnc1. The lowest BCUT2D eigenvalue weighted by Gasteiger charge is -2.17. The van der Waals surface area contributed by atoms with Crippen molar-refractivity contribution in [1.29, 1.82) is 0 Å². The maximum atomic E-state index is 13.4. The number of halogens is 1. The molecule has 0 aliphatic carbocycles. The van der Waals surface area contributed by atoms with E-state index in [1.807, 2.05) is 0 Å². The van der Waals surface area contributed by atoms with E-state index in [1.165, 1.54) is 13.1 Å². The lowest BCUT2D eigenvalue weighted by Crippen LogP contribution is -2.26. The van der Waals surface area contributed by atoms with Gasteiger partial charge in [0.25, 0.3) is 0 Å². The van der Waals surface area contributed by atoms with Gasteiger partial charge in [0, 0.05) is 24.5 Å². The number of hydrogen-bond donors (Lipinski definition) is 1. The summed E-state index contributed by atoms with van der Waals surface area (Å²) < 4.78 is 13.4. The van der Waals surface area contributed by atoms with Gasteiger partial charge in [-0.25, -0.2) is 4.39 Å². The first-order valence-electron chi connectivity index (χ1n) is 3.46. The second-order valence-corrected chi connectivity index (χ2v) is 2.64. The average molecular weight is 154 g/mol. The van der Waals surface area contributed by atoms with Gasteiger partial charge in [-0.1, -0.05) is 6.07 Å². The second kappa shape index (κ2) is 2.96. The van der Waals surface area contributed by atoms with E-state index in [2.05, 4.69) is 4.98 Å². The van der Waals surface area contributed by atoms with E-state index in [9.17, 15) is 4.39 Å². The van der Waals surface area contributed by atoms with Crippen molar-refractivity contribution in [2.45, 2.75) is 12.6 Å². The van der Waals surface area contributed by atoms with Crippen molar-refractivity contribution in [2.24, 2.45) is 5.73 Å². The minimum atomic E-state index is -1.45. The molecule has 1 aromatic heterocycles. The van der Waals surface area contributed by atoms with Gasteiger partial charge in [-0.2, -0.15) is 0 Å². The molecule has 3 heteroatoms.